The zero-order valence-electron chi connectivity index (χ0n) is 19.8. The first-order valence-corrected chi connectivity index (χ1v) is 12.2. The summed E-state index contributed by atoms with van der Waals surface area (Å²) < 4.78 is 0. The van der Waals surface area contributed by atoms with Gasteiger partial charge in [-0.15, -0.1) is 0 Å². The highest BCUT2D eigenvalue weighted by Gasteiger charge is 2.30. The molecule has 1 heteroatoms. The largest absolute Gasteiger partial charge is 0.281 e. The first-order chi connectivity index (χ1) is 16.2. The maximum atomic E-state index is 2.72. The molecule has 0 bridgehead atoms. The van der Waals surface area contributed by atoms with Crippen LogP contribution in [0.25, 0.3) is 0 Å². The first kappa shape index (κ1) is 23.0. The van der Waals surface area contributed by atoms with E-state index in [9.17, 15) is 0 Å². The third kappa shape index (κ3) is 6.00. The minimum Gasteiger partial charge on any atom is -0.281 e. The SMILES string of the molecule is CC(C)CCCN(C(c1ccccc1)c1ccccc1)C(c1ccccc1)c1ccccc1. The van der Waals surface area contributed by atoms with E-state index in [4.69, 9.17) is 0 Å². The number of hydrogen-bond donors (Lipinski definition) is 0. The summed E-state index contributed by atoms with van der Waals surface area (Å²) in [7, 11) is 0. The minimum atomic E-state index is 0.171. The van der Waals surface area contributed by atoms with E-state index in [0.29, 0.717) is 5.92 Å². The van der Waals surface area contributed by atoms with Crippen molar-refractivity contribution in [2.24, 2.45) is 5.92 Å². The fourth-order valence-electron chi connectivity index (χ4n) is 4.78. The standard InChI is InChI=1S/C32H35N/c1-26(2)16-15-25-33(31(27-17-7-3-8-18-27)28-19-9-4-10-20-28)32(29-21-11-5-12-22-29)30-23-13-6-14-24-30/h3-14,17-24,26,31-32H,15-16,25H2,1-2H3. The second-order valence-corrected chi connectivity index (χ2v) is 9.22. The normalized spacial score (nSPS) is 11.6. The molecule has 0 aromatic heterocycles. The fraction of sp³-hybridized carbons (Fsp3) is 0.250. The molecule has 0 saturated carbocycles. The number of hydrogen-bond acceptors (Lipinski definition) is 1. The predicted molar refractivity (Wildman–Crippen MR) is 140 cm³/mol. The summed E-state index contributed by atoms with van der Waals surface area (Å²) in [6.07, 6.45) is 2.40. The Morgan fingerprint density at radius 1 is 0.485 bits per heavy atom. The van der Waals surface area contributed by atoms with Crippen LogP contribution in [0.3, 0.4) is 0 Å². The van der Waals surface area contributed by atoms with E-state index in [-0.39, 0.29) is 12.1 Å². The molecule has 0 fully saturated rings. The molecule has 0 heterocycles. The molecule has 0 N–H and O–H groups in total. The van der Waals surface area contributed by atoms with Crippen molar-refractivity contribution < 1.29 is 0 Å². The summed E-state index contributed by atoms with van der Waals surface area (Å²) in [5, 5.41) is 0. The van der Waals surface area contributed by atoms with E-state index in [1.807, 2.05) is 0 Å². The van der Waals surface area contributed by atoms with Crippen molar-refractivity contribution in [2.75, 3.05) is 6.54 Å². The van der Waals surface area contributed by atoms with Gasteiger partial charge in [-0.2, -0.15) is 0 Å². The Kier molecular flexibility index (Phi) is 8.11. The highest BCUT2D eigenvalue weighted by Crippen LogP contribution is 2.39. The average molecular weight is 434 g/mol. The summed E-state index contributed by atoms with van der Waals surface area (Å²) in [5.41, 5.74) is 5.35. The van der Waals surface area contributed by atoms with Crippen molar-refractivity contribution in [3.8, 4) is 0 Å². The molecule has 4 aromatic rings. The van der Waals surface area contributed by atoms with Gasteiger partial charge in [0.15, 0.2) is 0 Å². The number of benzene rings is 4. The Morgan fingerprint density at radius 2 is 0.788 bits per heavy atom. The highest BCUT2D eigenvalue weighted by atomic mass is 15.2. The maximum absolute atomic E-state index is 2.72. The molecule has 4 rings (SSSR count). The van der Waals surface area contributed by atoms with Gasteiger partial charge in [0, 0.05) is 6.54 Å². The summed E-state index contributed by atoms with van der Waals surface area (Å²) in [6, 6.07) is 44.3. The lowest BCUT2D eigenvalue weighted by Gasteiger charge is -2.40. The van der Waals surface area contributed by atoms with Crippen LogP contribution in [0, 0.1) is 5.92 Å². The molecule has 0 unspecified atom stereocenters. The lowest BCUT2D eigenvalue weighted by Crippen LogP contribution is -2.35. The van der Waals surface area contributed by atoms with Gasteiger partial charge in [0.05, 0.1) is 12.1 Å². The van der Waals surface area contributed by atoms with Crippen molar-refractivity contribution in [3.63, 3.8) is 0 Å². The van der Waals surface area contributed by atoms with Crippen molar-refractivity contribution in [1.29, 1.82) is 0 Å². The summed E-state index contributed by atoms with van der Waals surface area (Å²) >= 11 is 0. The second-order valence-electron chi connectivity index (χ2n) is 9.22. The Balaban J connectivity index is 1.87. The molecule has 0 radical (unpaired) electrons. The zero-order valence-corrected chi connectivity index (χ0v) is 19.8. The van der Waals surface area contributed by atoms with Crippen molar-refractivity contribution in [2.45, 2.75) is 38.8 Å². The summed E-state index contributed by atoms with van der Waals surface area (Å²) in [4.78, 5) is 2.72. The molecule has 168 valence electrons. The topological polar surface area (TPSA) is 3.24 Å². The molecule has 0 aliphatic carbocycles. The Bertz CT molecular complexity index is 897. The van der Waals surface area contributed by atoms with Gasteiger partial charge in [0.2, 0.25) is 0 Å². The zero-order chi connectivity index (χ0) is 22.9. The van der Waals surface area contributed by atoms with Crippen molar-refractivity contribution in [3.05, 3.63) is 144 Å². The Labute approximate surface area is 199 Å². The molecule has 1 nitrogen and oxygen atoms in total. The van der Waals surface area contributed by atoms with E-state index in [2.05, 4.69) is 140 Å². The summed E-state index contributed by atoms with van der Waals surface area (Å²) in [5.74, 6) is 0.700. The first-order valence-electron chi connectivity index (χ1n) is 12.2. The van der Waals surface area contributed by atoms with Crippen LogP contribution in [-0.4, -0.2) is 11.4 Å². The van der Waals surface area contributed by atoms with E-state index in [0.717, 1.165) is 6.54 Å². The smallest absolute Gasteiger partial charge is 0.0610 e. The molecule has 0 aliphatic heterocycles. The monoisotopic (exact) mass is 433 g/mol. The predicted octanol–water partition coefficient (Wildman–Crippen LogP) is 8.30. The van der Waals surface area contributed by atoms with Crippen LogP contribution in [-0.2, 0) is 0 Å². The summed E-state index contributed by atoms with van der Waals surface area (Å²) in [6.45, 7) is 5.67. The maximum Gasteiger partial charge on any atom is 0.0610 e. The highest BCUT2D eigenvalue weighted by molar-refractivity contribution is 5.37. The lowest BCUT2D eigenvalue weighted by atomic mass is 9.90. The number of rotatable bonds is 10. The van der Waals surface area contributed by atoms with Crippen LogP contribution < -0.4 is 0 Å². The molecular formula is C32H35N. The van der Waals surface area contributed by atoms with Crippen LogP contribution in [0.5, 0.6) is 0 Å². The third-order valence-electron chi connectivity index (χ3n) is 6.32. The van der Waals surface area contributed by atoms with E-state index in [1.54, 1.807) is 0 Å². The molecule has 0 saturated heterocycles. The molecule has 33 heavy (non-hydrogen) atoms. The van der Waals surface area contributed by atoms with Crippen LogP contribution in [0.1, 0.15) is 61.0 Å². The minimum absolute atomic E-state index is 0.171. The van der Waals surface area contributed by atoms with Gasteiger partial charge in [-0.1, -0.05) is 135 Å². The van der Waals surface area contributed by atoms with E-state index >= 15 is 0 Å². The molecule has 0 aliphatic rings. The Hall–Kier alpha value is -3.16. The van der Waals surface area contributed by atoms with E-state index < -0.39 is 0 Å². The molecule has 0 amide bonds. The van der Waals surface area contributed by atoms with Gasteiger partial charge in [-0.25, -0.2) is 0 Å². The fourth-order valence-corrected chi connectivity index (χ4v) is 4.78. The van der Waals surface area contributed by atoms with Gasteiger partial charge in [-0.3, -0.25) is 4.90 Å². The van der Waals surface area contributed by atoms with Gasteiger partial charge in [0.25, 0.3) is 0 Å². The van der Waals surface area contributed by atoms with Gasteiger partial charge < -0.3 is 0 Å². The Morgan fingerprint density at radius 3 is 1.06 bits per heavy atom. The second kappa shape index (κ2) is 11.6. The van der Waals surface area contributed by atoms with Gasteiger partial charge >= 0.3 is 0 Å². The van der Waals surface area contributed by atoms with Crippen LogP contribution in [0.4, 0.5) is 0 Å². The van der Waals surface area contributed by atoms with Crippen LogP contribution in [0.2, 0.25) is 0 Å². The van der Waals surface area contributed by atoms with Crippen molar-refractivity contribution in [1.82, 2.24) is 4.90 Å². The van der Waals surface area contributed by atoms with Crippen molar-refractivity contribution >= 4 is 0 Å². The molecular weight excluding hydrogens is 398 g/mol. The van der Waals surface area contributed by atoms with Crippen LogP contribution >= 0.6 is 0 Å². The molecule has 0 spiro atoms. The quantitative estimate of drug-likeness (QED) is 0.243. The van der Waals surface area contributed by atoms with Crippen LogP contribution in [0.15, 0.2) is 121 Å². The molecule has 0 atom stereocenters. The van der Waals surface area contributed by atoms with Gasteiger partial charge in [0.1, 0.15) is 0 Å². The third-order valence-corrected chi connectivity index (χ3v) is 6.32. The van der Waals surface area contributed by atoms with E-state index in [1.165, 1.54) is 35.1 Å². The molecule has 4 aromatic carbocycles. The lowest BCUT2D eigenvalue weighted by molar-refractivity contribution is 0.174. The number of nitrogens with zero attached hydrogens (tertiary/aromatic N) is 1. The van der Waals surface area contributed by atoms with Gasteiger partial charge in [-0.05, 0) is 41.0 Å². The average Bonchev–Trinajstić information content (AvgIpc) is 2.87.